The van der Waals surface area contributed by atoms with Crippen LogP contribution < -0.4 is 0 Å². The van der Waals surface area contributed by atoms with Gasteiger partial charge in [0.25, 0.3) is 11.7 Å². The van der Waals surface area contributed by atoms with Crippen LogP contribution in [0, 0.1) is 41.4 Å². The van der Waals surface area contributed by atoms with Crippen molar-refractivity contribution in [2.75, 3.05) is 20.8 Å². The Morgan fingerprint density at radius 2 is 1.56 bits per heavy atom. The summed E-state index contributed by atoms with van der Waals surface area (Å²) in [4.78, 5) is 71.7. The first kappa shape index (κ1) is 53.3. The molecule has 0 spiro atoms. The molecule has 1 aliphatic carbocycles. The van der Waals surface area contributed by atoms with Crippen LogP contribution in [0.4, 0.5) is 0 Å². The molecule has 3 aliphatic heterocycles. The van der Waals surface area contributed by atoms with E-state index in [9.17, 15) is 39.3 Å². The summed E-state index contributed by atoms with van der Waals surface area (Å²) in [7, 11) is 2.95. The van der Waals surface area contributed by atoms with Gasteiger partial charge in [-0.05, 0) is 114 Å². The van der Waals surface area contributed by atoms with Crippen molar-refractivity contribution in [3.8, 4) is 0 Å². The second-order valence-electron chi connectivity index (χ2n) is 19.8. The van der Waals surface area contributed by atoms with E-state index in [0.29, 0.717) is 63.4 Å². The Bertz CT molecular complexity index is 1740. The number of carbonyl (C=O) groups excluding carboxylic acids is 5. The van der Waals surface area contributed by atoms with Crippen molar-refractivity contribution in [1.29, 1.82) is 0 Å². The van der Waals surface area contributed by atoms with Crippen LogP contribution in [-0.2, 0) is 42.9 Å². The summed E-state index contributed by atoms with van der Waals surface area (Å²) < 4.78 is 23.6. The zero-order valence-electron chi connectivity index (χ0n) is 40.2. The van der Waals surface area contributed by atoms with Gasteiger partial charge in [-0.25, -0.2) is 4.79 Å². The molecule has 3 heterocycles. The number of methoxy groups -OCH3 is 2. The first-order valence-electron chi connectivity index (χ1n) is 23.9. The van der Waals surface area contributed by atoms with Crippen molar-refractivity contribution in [3.05, 3.63) is 47.6 Å². The Labute approximate surface area is 382 Å². The summed E-state index contributed by atoms with van der Waals surface area (Å²) in [5.74, 6) is -7.66. The van der Waals surface area contributed by atoms with Gasteiger partial charge in [-0.15, -0.1) is 0 Å². The van der Waals surface area contributed by atoms with Gasteiger partial charge in [0, 0.05) is 44.9 Å². The number of hydrogen-bond acceptors (Lipinski definition) is 12. The highest BCUT2D eigenvalue weighted by atomic mass is 16.6. The number of ether oxygens (including phenoxy) is 4. The number of hydrogen-bond donors (Lipinski definition) is 3. The lowest BCUT2D eigenvalue weighted by molar-refractivity contribution is -0.264. The van der Waals surface area contributed by atoms with E-state index in [4.69, 9.17) is 18.9 Å². The molecular formula is C51H79NO12. The lowest BCUT2D eigenvalue weighted by atomic mass is 9.78. The fraction of sp³-hybridized carbons (Fsp3) is 0.745. The van der Waals surface area contributed by atoms with E-state index in [1.54, 1.807) is 34.0 Å². The number of ketones is 3. The molecular weight excluding hydrogens is 819 g/mol. The largest absolute Gasteiger partial charge is 0.460 e. The van der Waals surface area contributed by atoms with Gasteiger partial charge in [0.15, 0.2) is 5.78 Å². The molecule has 2 saturated heterocycles. The lowest BCUT2D eigenvalue weighted by Gasteiger charge is -2.42. The van der Waals surface area contributed by atoms with E-state index < -0.39 is 77.8 Å². The summed E-state index contributed by atoms with van der Waals surface area (Å²) in [5, 5.41) is 33.8. The van der Waals surface area contributed by atoms with Crippen LogP contribution in [0.2, 0.25) is 0 Å². The van der Waals surface area contributed by atoms with Crippen molar-refractivity contribution in [2.45, 2.75) is 181 Å². The van der Waals surface area contributed by atoms with E-state index in [-0.39, 0.29) is 60.7 Å². The molecule has 1 saturated carbocycles. The molecule has 0 aromatic carbocycles. The fourth-order valence-corrected chi connectivity index (χ4v) is 10.0. The van der Waals surface area contributed by atoms with Crippen LogP contribution in [0.3, 0.4) is 0 Å². The van der Waals surface area contributed by atoms with Crippen LogP contribution >= 0.6 is 0 Å². The molecule has 1 amide bonds. The number of cyclic esters (lactones) is 1. The zero-order valence-corrected chi connectivity index (χ0v) is 40.2. The number of Topliss-reactive ketones (excluding diaryl/α,β-unsaturated/α-hetero) is 3. The van der Waals surface area contributed by atoms with Crippen molar-refractivity contribution in [1.82, 2.24) is 4.90 Å². The van der Waals surface area contributed by atoms with Gasteiger partial charge in [-0.1, -0.05) is 83.6 Å². The maximum Gasteiger partial charge on any atom is 0.329 e. The molecule has 360 valence electrons. The van der Waals surface area contributed by atoms with Gasteiger partial charge in [-0.3, -0.25) is 19.2 Å². The maximum atomic E-state index is 14.3. The van der Waals surface area contributed by atoms with Gasteiger partial charge in [-0.2, -0.15) is 0 Å². The quantitative estimate of drug-likeness (QED) is 0.149. The number of allylic oxidation sites excluding steroid dienone is 7. The molecule has 0 aromatic rings. The highest BCUT2D eigenvalue weighted by Gasteiger charge is 2.53. The van der Waals surface area contributed by atoms with Crippen LogP contribution in [0.1, 0.15) is 132 Å². The Morgan fingerprint density at radius 3 is 2.25 bits per heavy atom. The standard InChI is InChI=1S/C51H79NO12/c1-30-16-12-11-13-17-31(2)32(3)27-39-21-19-37(8)51(60,64-39)48(57)49(58)52-23-15-14-18-40(52)50(59)63-43(34(5)26-38-20-22-41(53)44(28-38)61-9)29-42(54)33(4)25-36(7)46(56)47(62-10)45(55)35(6)24-30/h11-13,16-17,25,30,32-35,37-41,43-44,46-47,53,56,60H,14-15,18-24,26-29H2,1-10H3/b13-11+,16-12+,31-17+,36-25+/t30?,32-,33+,34+,35+,37+,38?,39?,40-,41?,43?,44?,46?,47?,51?/m0/s1. The summed E-state index contributed by atoms with van der Waals surface area (Å²) >= 11 is 0. The fourth-order valence-electron chi connectivity index (χ4n) is 10.0. The number of amides is 1. The number of aliphatic hydroxyl groups is 3. The molecule has 9 unspecified atom stereocenters. The zero-order chi connectivity index (χ0) is 47.5. The van der Waals surface area contributed by atoms with Gasteiger partial charge in [0.1, 0.15) is 30.1 Å². The van der Waals surface area contributed by atoms with E-state index in [0.717, 1.165) is 12.0 Å². The molecule has 3 fully saturated rings. The minimum Gasteiger partial charge on any atom is -0.460 e. The molecule has 13 nitrogen and oxygen atoms in total. The Morgan fingerprint density at radius 1 is 0.844 bits per heavy atom. The monoisotopic (exact) mass is 898 g/mol. The molecule has 3 N–H and O–H groups in total. The average Bonchev–Trinajstić information content (AvgIpc) is 3.26. The first-order chi connectivity index (χ1) is 30.2. The third kappa shape index (κ3) is 13.9. The molecule has 0 radical (unpaired) electrons. The number of esters is 1. The van der Waals surface area contributed by atoms with Gasteiger partial charge in [0.05, 0.1) is 18.3 Å². The van der Waals surface area contributed by atoms with Gasteiger partial charge >= 0.3 is 5.97 Å². The first-order valence-corrected chi connectivity index (χ1v) is 23.9. The van der Waals surface area contributed by atoms with Crippen molar-refractivity contribution < 1.29 is 58.2 Å². The summed E-state index contributed by atoms with van der Waals surface area (Å²) in [6.07, 6.45) is 12.5. The Kier molecular flexibility index (Phi) is 20.4. The third-order valence-corrected chi connectivity index (χ3v) is 14.6. The highest BCUT2D eigenvalue weighted by Crippen LogP contribution is 2.38. The summed E-state index contributed by atoms with van der Waals surface area (Å²) in [5.41, 5.74) is 1.46. The summed E-state index contributed by atoms with van der Waals surface area (Å²) in [6, 6.07) is -1.12. The number of nitrogens with zero attached hydrogens (tertiary/aromatic N) is 1. The summed E-state index contributed by atoms with van der Waals surface area (Å²) in [6.45, 7) is 15.0. The topological polar surface area (TPSA) is 186 Å². The van der Waals surface area contributed by atoms with Crippen molar-refractivity contribution >= 4 is 29.2 Å². The second kappa shape index (κ2) is 24.4. The van der Waals surface area contributed by atoms with E-state index in [2.05, 4.69) is 0 Å². The molecule has 2 bridgehead atoms. The van der Waals surface area contributed by atoms with Gasteiger partial charge in [0.2, 0.25) is 5.79 Å². The number of rotatable bonds is 5. The smallest absolute Gasteiger partial charge is 0.329 e. The number of fused-ring (bicyclic) bond motifs is 3. The van der Waals surface area contributed by atoms with Crippen molar-refractivity contribution in [2.24, 2.45) is 41.4 Å². The molecule has 15 atom stereocenters. The molecule has 0 aromatic heterocycles. The van der Waals surface area contributed by atoms with Gasteiger partial charge < -0.3 is 39.2 Å². The molecule has 4 rings (SSSR count). The minimum atomic E-state index is -2.37. The predicted molar refractivity (Wildman–Crippen MR) is 244 cm³/mol. The second-order valence-corrected chi connectivity index (χ2v) is 19.8. The van der Waals surface area contributed by atoms with Crippen LogP contribution in [0.25, 0.3) is 0 Å². The predicted octanol–water partition coefficient (Wildman–Crippen LogP) is 6.80. The normalized spacial score (nSPS) is 40.9. The lowest BCUT2D eigenvalue weighted by Crippen LogP contribution is -2.60. The molecule has 4 aliphatic rings. The van der Waals surface area contributed by atoms with Crippen LogP contribution in [0.15, 0.2) is 47.6 Å². The maximum absolute atomic E-state index is 14.3. The van der Waals surface area contributed by atoms with Crippen LogP contribution in [0.5, 0.6) is 0 Å². The number of piperidine rings is 1. The van der Waals surface area contributed by atoms with E-state index in [1.165, 1.54) is 12.0 Å². The van der Waals surface area contributed by atoms with Crippen molar-refractivity contribution in [3.63, 3.8) is 0 Å². The average molecular weight is 898 g/mol. The highest BCUT2D eigenvalue weighted by molar-refractivity contribution is 6.39. The SMILES string of the molecule is COC1CC(C[C@@H](C)C2CC(=O)[C@H](C)/C=C(\C)C(O)C(OC)C(=O)[C@H](C)CC(C)/C=C/C=C/C=C(\C)[C@@H](C)CC3CC[C@@H](C)C(O)(O3)C(=O)C(=O)N3CCCC[C@H]3C(=O)O2)CCC1O. The number of carbonyl (C=O) groups is 5. The van der Waals surface area contributed by atoms with Crippen LogP contribution in [-0.4, -0.2) is 119 Å². The molecule has 64 heavy (non-hydrogen) atoms. The Hall–Kier alpha value is -3.33. The Balaban J connectivity index is 1.69. The van der Waals surface area contributed by atoms with E-state index >= 15 is 0 Å². The molecule has 13 heteroatoms. The third-order valence-electron chi connectivity index (χ3n) is 14.6. The minimum absolute atomic E-state index is 0.0315. The van der Waals surface area contributed by atoms with E-state index in [1.807, 2.05) is 65.0 Å². The number of aliphatic hydroxyl groups excluding tert-OH is 2.